The summed E-state index contributed by atoms with van der Waals surface area (Å²) in [5.74, 6) is 0.715. The summed E-state index contributed by atoms with van der Waals surface area (Å²) in [4.78, 5) is 0. The fraction of sp³-hybridized carbons (Fsp3) is 0.529. The van der Waals surface area contributed by atoms with E-state index in [1.54, 1.807) is 19.1 Å². The van der Waals surface area contributed by atoms with Gasteiger partial charge in [0, 0.05) is 0 Å². The average Bonchev–Trinajstić information content (AvgIpc) is 2.94. The Morgan fingerprint density at radius 1 is 0.838 bits per heavy atom. The van der Waals surface area contributed by atoms with Crippen molar-refractivity contribution < 1.29 is 13.5 Å². The minimum atomic E-state index is -0.835. The number of hydrogen-bond acceptors (Lipinski definition) is 1. The molecule has 0 atom stereocenters. The molecule has 0 unspecified atom stereocenters. The lowest BCUT2D eigenvalue weighted by molar-refractivity contribution is 0.297. The van der Waals surface area contributed by atoms with Gasteiger partial charge in [-0.05, 0) is 130 Å². The average molecular weight is 507 g/mol. The molecule has 4 rings (SSSR count). The summed E-state index contributed by atoms with van der Waals surface area (Å²) in [5, 5.41) is 0. The third-order valence-corrected chi connectivity index (χ3v) is 8.67. The van der Waals surface area contributed by atoms with Gasteiger partial charge in [0.15, 0.2) is 11.6 Å². The maximum Gasteiger partial charge on any atom is 0.200 e. The van der Waals surface area contributed by atoms with Crippen LogP contribution in [0.5, 0.6) is 5.75 Å². The molecule has 0 N–H and O–H groups in total. The molecule has 2 fully saturated rings. The van der Waals surface area contributed by atoms with Crippen LogP contribution in [0, 0.1) is 23.5 Å². The lowest BCUT2D eigenvalue weighted by atomic mass is 9.76. The van der Waals surface area contributed by atoms with Crippen molar-refractivity contribution in [2.75, 3.05) is 6.61 Å². The van der Waals surface area contributed by atoms with Crippen LogP contribution in [0.25, 0.3) is 0 Å². The highest BCUT2D eigenvalue weighted by molar-refractivity contribution is 5.33. The van der Waals surface area contributed by atoms with Crippen molar-refractivity contribution in [2.24, 2.45) is 11.8 Å². The SMILES string of the molecule is C=CCCc1ccc(C2CCC(/C=C/CCC3CCC(c4ccc(OCC)c(F)c4F)CC3)CC2)cc1. The van der Waals surface area contributed by atoms with E-state index in [0.29, 0.717) is 24.0 Å². The van der Waals surface area contributed by atoms with Crippen LogP contribution in [0.4, 0.5) is 8.78 Å². The third kappa shape index (κ3) is 7.55. The van der Waals surface area contributed by atoms with Gasteiger partial charge in [-0.15, -0.1) is 6.58 Å². The van der Waals surface area contributed by atoms with Crippen LogP contribution in [0.3, 0.4) is 0 Å². The lowest BCUT2D eigenvalue weighted by Crippen LogP contribution is -2.15. The summed E-state index contributed by atoms with van der Waals surface area (Å²) in [6, 6.07) is 12.6. The van der Waals surface area contributed by atoms with Crippen molar-refractivity contribution in [3.63, 3.8) is 0 Å². The van der Waals surface area contributed by atoms with Crippen molar-refractivity contribution >= 4 is 0 Å². The van der Waals surface area contributed by atoms with E-state index < -0.39 is 11.6 Å². The molecule has 0 aliphatic heterocycles. The van der Waals surface area contributed by atoms with E-state index in [1.165, 1.54) is 43.2 Å². The Labute approximate surface area is 223 Å². The van der Waals surface area contributed by atoms with Crippen LogP contribution in [-0.4, -0.2) is 6.61 Å². The Bertz CT molecular complexity index is 1010. The first kappa shape index (κ1) is 27.6. The molecule has 2 aliphatic carbocycles. The van der Waals surface area contributed by atoms with Gasteiger partial charge in [-0.3, -0.25) is 0 Å². The lowest BCUT2D eigenvalue weighted by Gasteiger charge is -2.29. The normalized spacial score (nSPS) is 24.3. The summed E-state index contributed by atoms with van der Waals surface area (Å²) in [7, 11) is 0. The zero-order valence-corrected chi connectivity index (χ0v) is 22.6. The summed E-state index contributed by atoms with van der Waals surface area (Å²) in [5.41, 5.74) is 3.44. The Morgan fingerprint density at radius 3 is 2.22 bits per heavy atom. The Balaban J connectivity index is 1.15. The van der Waals surface area contributed by atoms with E-state index in [2.05, 4.69) is 43.0 Å². The zero-order chi connectivity index (χ0) is 26.0. The van der Waals surface area contributed by atoms with Gasteiger partial charge in [-0.2, -0.15) is 4.39 Å². The molecule has 0 bridgehead atoms. The monoisotopic (exact) mass is 506 g/mol. The van der Waals surface area contributed by atoms with Gasteiger partial charge in [-0.1, -0.05) is 48.6 Å². The van der Waals surface area contributed by atoms with Gasteiger partial charge >= 0.3 is 0 Å². The molecule has 0 amide bonds. The summed E-state index contributed by atoms with van der Waals surface area (Å²) >= 11 is 0. The van der Waals surface area contributed by atoms with E-state index in [9.17, 15) is 8.78 Å². The molecule has 1 nitrogen and oxygen atoms in total. The van der Waals surface area contributed by atoms with Crippen LogP contribution in [0.15, 0.2) is 61.2 Å². The highest BCUT2D eigenvalue weighted by Gasteiger charge is 2.26. The third-order valence-electron chi connectivity index (χ3n) is 8.67. The number of hydrogen-bond donors (Lipinski definition) is 0. The molecule has 2 saturated carbocycles. The first-order chi connectivity index (χ1) is 18.1. The molecule has 2 aromatic rings. The molecule has 2 aliphatic rings. The van der Waals surface area contributed by atoms with Crippen LogP contribution in [-0.2, 0) is 6.42 Å². The predicted molar refractivity (Wildman–Crippen MR) is 150 cm³/mol. The number of benzene rings is 2. The van der Waals surface area contributed by atoms with E-state index in [-0.39, 0.29) is 11.7 Å². The highest BCUT2D eigenvalue weighted by atomic mass is 19.2. The topological polar surface area (TPSA) is 9.23 Å². The largest absolute Gasteiger partial charge is 0.491 e. The summed E-state index contributed by atoms with van der Waals surface area (Å²) in [6.45, 7) is 5.93. The van der Waals surface area contributed by atoms with Crippen molar-refractivity contribution in [1.29, 1.82) is 0 Å². The van der Waals surface area contributed by atoms with Crippen molar-refractivity contribution in [3.05, 3.63) is 89.5 Å². The maximum atomic E-state index is 14.6. The second-order valence-electron chi connectivity index (χ2n) is 11.1. The molecule has 0 radical (unpaired) electrons. The van der Waals surface area contributed by atoms with Crippen LogP contribution < -0.4 is 4.74 Å². The molecule has 3 heteroatoms. The van der Waals surface area contributed by atoms with E-state index in [4.69, 9.17) is 4.74 Å². The molecule has 0 saturated heterocycles. The molecule has 0 spiro atoms. The van der Waals surface area contributed by atoms with Gasteiger partial charge in [-0.25, -0.2) is 4.39 Å². The molecular weight excluding hydrogens is 462 g/mol. The molecule has 200 valence electrons. The van der Waals surface area contributed by atoms with E-state index >= 15 is 0 Å². The van der Waals surface area contributed by atoms with Gasteiger partial charge < -0.3 is 4.74 Å². The van der Waals surface area contributed by atoms with E-state index in [0.717, 1.165) is 50.9 Å². The molecule has 0 heterocycles. The van der Waals surface area contributed by atoms with Crippen LogP contribution >= 0.6 is 0 Å². The number of allylic oxidation sites excluding steroid dienone is 3. The first-order valence-corrected chi connectivity index (χ1v) is 14.6. The van der Waals surface area contributed by atoms with Crippen LogP contribution in [0.1, 0.15) is 106 Å². The number of ether oxygens (including phenoxy) is 1. The van der Waals surface area contributed by atoms with Crippen molar-refractivity contribution in [3.8, 4) is 5.75 Å². The van der Waals surface area contributed by atoms with Gasteiger partial charge in [0.1, 0.15) is 0 Å². The van der Waals surface area contributed by atoms with Crippen LogP contribution in [0.2, 0.25) is 0 Å². The number of halogens is 2. The quantitative estimate of drug-likeness (QED) is 0.275. The summed E-state index contributed by atoms with van der Waals surface area (Å²) < 4.78 is 34.1. The molecule has 37 heavy (non-hydrogen) atoms. The number of aryl methyl sites for hydroxylation is 1. The Kier molecular flexibility index (Phi) is 10.4. The maximum absolute atomic E-state index is 14.6. The Hall–Kier alpha value is -2.42. The fourth-order valence-corrected chi connectivity index (χ4v) is 6.38. The molecular formula is C34H44F2O. The standard InChI is InChI=1S/C34H44F2O/c1-3-5-8-25-11-17-28(18-12-25)29-19-13-26(14-20-29)9-6-7-10-27-15-21-30(22-16-27)31-23-24-32(37-4-2)34(36)33(31)35/h3,6,9,11-12,17-18,23-24,26-27,29-30H,1,4-5,7-8,10,13-16,19-22H2,2H3/b9-6+. The second kappa shape index (κ2) is 13.9. The van der Waals surface area contributed by atoms with Gasteiger partial charge in [0.25, 0.3) is 0 Å². The zero-order valence-electron chi connectivity index (χ0n) is 22.6. The second-order valence-corrected chi connectivity index (χ2v) is 11.1. The smallest absolute Gasteiger partial charge is 0.200 e. The minimum Gasteiger partial charge on any atom is -0.491 e. The minimum absolute atomic E-state index is 0.0197. The first-order valence-electron chi connectivity index (χ1n) is 14.6. The predicted octanol–water partition coefficient (Wildman–Crippen LogP) is 10.1. The molecule has 0 aromatic heterocycles. The highest BCUT2D eigenvalue weighted by Crippen LogP contribution is 2.40. The van der Waals surface area contributed by atoms with E-state index in [1.807, 2.05) is 6.08 Å². The number of rotatable bonds is 11. The molecule has 2 aromatic carbocycles. The Morgan fingerprint density at radius 2 is 1.54 bits per heavy atom. The van der Waals surface area contributed by atoms with Gasteiger partial charge in [0.2, 0.25) is 5.82 Å². The van der Waals surface area contributed by atoms with Crippen molar-refractivity contribution in [2.45, 2.75) is 95.8 Å². The fourth-order valence-electron chi connectivity index (χ4n) is 6.38. The van der Waals surface area contributed by atoms with Crippen molar-refractivity contribution in [1.82, 2.24) is 0 Å². The van der Waals surface area contributed by atoms with Gasteiger partial charge in [0.05, 0.1) is 6.61 Å². The summed E-state index contributed by atoms with van der Waals surface area (Å²) in [6.07, 6.45) is 20.6.